The lowest BCUT2D eigenvalue weighted by Gasteiger charge is -2.11. The van der Waals surface area contributed by atoms with E-state index in [-0.39, 0.29) is 11.5 Å². The third kappa shape index (κ3) is 5.32. The molecular weight excluding hydrogens is 376 g/mol. The van der Waals surface area contributed by atoms with E-state index < -0.39 is 17.5 Å². The number of aromatic nitrogens is 1. The molecule has 0 aliphatic rings. The quantitative estimate of drug-likeness (QED) is 0.624. The molecule has 3 aromatic rings. The van der Waals surface area contributed by atoms with Gasteiger partial charge in [-0.05, 0) is 54.5 Å². The lowest BCUT2D eigenvalue weighted by atomic mass is 10.1. The van der Waals surface area contributed by atoms with Crippen LogP contribution >= 0.6 is 0 Å². The minimum atomic E-state index is -0.955. The first-order chi connectivity index (χ1) is 13.9. The summed E-state index contributed by atoms with van der Waals surface area (Å²) in [5.41, 5.74) is 2.12. The molecular formula is C22H17F2N3O2. The summed E-state index contributed by atoms with van der Waals surface area (Å²) in [6, 6.07) is 11.2. The Morgan fingerprint density at radius 2 is 1.86 bits per heavy atom. The molecule has 0 atom stereocenters. The number of halogens is 2. The van der Waals surface area contributed by atoms with Crippen LogP contribution in [-0.2, 0) is 4.79 Å². The number of aryl methyl sites for hydroxylation is 1. The second-order valence-corrected chi connectivity index (χ2v) is 6.22. The number of rotatable bonds is 5. The van der Waals surface area contributed by atoms with Crippen LogP contribution in [0.3, 0.4) is 0 Å². The molecule has 2 amide bonds. The van der Waals surface area contributed by atoms with Crippen molar-refractivity contribution in [2.24, 2.45) is 0 Å². The summed E-state index contributed by atoms with van der Waals surface area (Å²) in [5.74, 6) is -2.80. The number of carbonyl (C=O) groups excluding carboxylic acids is 2. The van der Waals surface area contributed by atoms with Gasteiger partial charge in [0.05, 0.1) is 5.56 Å². The monoisotopic (exact) mass is 393 g/mol. The van der Waals surface area contributed by atoms with Crippen LogP contribution in [0, 0.1) is 18.6 Å². The van der Waals surface area contributed by atoms with Gasteiger partial charge in [-0.1, -0.05) is 12.1 Å². The van der Waals surface area contributed by atoms with Gasteiger partial charge >= 0.3 is 0 Å². The number of carbonyl (C=O) groups is 2. The summed E-state index contributed by atoms with van der Waals surface area (Å²) >= 11 is 0. The molecule has 5 nitrogen and oxygen atoms in total. The van der Waals surface area contributed by atoms with Crippen molar-refractivity contribution in [3.63, 3.8) is 0 Å². The Hall–Kier alpha value is -3.87. The first-order valence-electron chi connectivity index (χ1n) is 8.68. The van der Waals surface area contributed by atoms with Gasteiger partial charge in [-0.3, -0.25) is 14.6 Å². The van der Waals surface area contributed by atoms with E-state index in [1.165, 1.54) is 6.08 Å². The molecule has 29 heavy (non-hydrogen) atoms. The van der Waals surface area contributed by atoms with E-state index in [9.17, 15) is 18.4 Å². The zero-order chi connectivity index (χ0) is 20.8. The number of nitrogens with one attached hydrogen (secondary N) is 2. The van der Waals surface area contributed by atoms with Crippen molar-refractivity contribution >= 4 is 29.3 Å². The first kappa shape index (κ1) is 19.9. The molecule has 0 unspecified atom stereocenters. The molecule has 2 N–H and O–H groups in total. The molecule has 0 bridgehead atoms. The van der Waals surface area contributed by atoms with Crippen LogP contribution in [0.5, 0.6) is 0 Å². The minimum Gasteiger partial charge on any atom is -0.322 e. The summed E-state index contributed by atoms with van der Waals surface area (Å²) in [7, 11) is 0. The van der Waals surface area contributed by atoms with Crippen LogP contribution in [0.2, 0.25) is 0 Å². The van der Waals surface area contributed by atoms with Gasteiger partial charge in [-0.25, -0.2) is 8.78 Å². The number of hydrogen-bond acceptors (Lipinski definition) is 3. The summed E-state index contributed by atoms with van der Waals surface area (Å²) < 4.78 is 26.8. The Balaban J connectivity index is 1.71. The van der Waals surface area contributed by atoms with E-state index in [1.807, 2.05) is 6.07 Å². The summed E-state index contributed by atoms with van der Waals surface area (Å²) in [6.07, 6.45) is 6.26. The fraction of sp³-hybridized carbons (Fsp3) is 0.0455. The normalized spacial score (nSPS) is 10.7. The Morgan fingerprint density at radius 3 is 2.59 bits per heavy atom. The number of anilines is 2. The van der Waals surface area contributed by atoms with E-state index in [2.05, 4.69) is 15.6 Å². The number of benzene rings is 2. The molecule has 3 rings (SSSR count). The zero-order valence-corrected chi connectivity index (χ0v) is 15.4. The Kier molecular flexibility index (Phi) is 6.09. The van der Waals surface area contributed by atoms with E-state index in [4.69, 9.17) is 0 Å². The van der Waals surface area contributed by atoms with Crippen molar-refractivity contribution in [2.75, 3.05) is 10.6 Å². The van der Waals surface area contributed by atoms with Gasteiger partial charge in [-0.15, -0.1) is 0 Å². The third-order valence-electron chi connectivity index (χ3n) is 4.04. The van der Waals surface area contributed by atoms with Crippen molar-refractivity contribution < 1.29 is 18.4 Å². The van der Waals surface area contributed by atoms with Crippen LogP contribution in [0.1, 0.15) is 21.5 Å². The summed E-state index contributed by atoms with van der Waals surface area (Å²) in [4.78, 5) is 28.4. The fourth-order valence-electron chi connectivity index (χ4n) is 2.53. The van der Waals surface area contributed by atoms with Crippen molar-refractivity contribution in [3.8, 4) is 0 Å². The van der Waals surface area contributed by atoms with Crippen LogP contribution in [0.15, 0.2) is 67.0 Å². The average molecular weight is 393 g/mol. The van der Waals surface area contributed by atoms with E-state index in [0.717, 1.165) is 23.3 Å². The van der Waals surface area contributed by atoms with Crippen LogP contribution in [0.25, 0.3) is 6.08 Å². The first-order valence-corrected chi connectivity index (χ1v) is 8.68. The second-order valence-electron chi connectivity index (χ2n) is 6.22. The molecule has 146 valence electrons. The van der Waals surface area contributed by atoms with Gasteiger partial charge in [0, 0.05) is 35.9 Å². The third-order valence-corrected chi connectivity index (χ3v) is 4.04. The average Bonchev–Trinajstić information content (AvgIpc) is 2.69. The van der Waals surface area contributed by atoms with Gasteiger partial charge in [0.1, 0.15) is 11.6 Å². The standard InChI is InChI=1S/C22H17F2N3O2/c1-14-4-7-17(26-22(29)18-8-6-16(23)11-19(18)24)12-20(14)27-21(28)9-5-15-3-2-10-25-13-15/h2-13H,1H3,(H,26,29)(H,27,28). The van der Waals surface area contributed by atoms with Crippen LogP contribution in [-0.4, -0.2) is 16.8 Å². The molecule has 1 aromatic heterocycles. The second kappa shape index (κ2) is 8.88. The number of hydrogen-bond donors (Lipinski definition) is 2. The molecule has 7 heteroatoms. The van der Waals surface area contributed by atoms with E-state index in [1.54, 1.807) is 49.7 Å². The van der Waals surface area contributed by atoms with Gasteiger partial charge in [0.15, 0.2) is 0 Å². The Morgan fingerprint density at radius 1 is 1.03 bits per heavy atom. The lowest BCUT2D eigenvalue weighted by molar-refractivity contribution is -0.111. The maximum absolute atomic E-state index is 13.8. The highest BCUT2D eigenvalue weighted by Gasteiger charge is 2.13. The predicted molar refractivity (Wildman–Crippen MR) is 107 cm³/mol. The molecule has 0 saturated heterocycles. The zero-order valence-electron chi connectivity index (χ0n) is 15.4. The molecule has 0 radical (unpaired) electrons. The van der Waals surface area contributed by atoms with Crippen molar-refractivity contribution in [2.45, 2.75) is 6.92 Å². The lowest BCUT2D eigenvalue weighted by Crippen LogP contribution is -2.15. The Labute approximate surface area is 166 Å². The molecule has 2 aromatic carbocycles. The van der Waals surface area contributed by atoms with Crippen LogP contribution < -0.4 is 10.6 Å². The van der Waals surface area contributed by atoms with Crippen molar-refractivity contribution in [1.29, 1.82) is 0 Å². The highest BCUT2D eigenvalue weighted by molar-refractivity contribution is 6.06. The van der Waals surface area contributed by atoms with Gasteiger partial charge in [-0.2, -0.15) is 0 Å². The highest BCUT2D eigenvalue weighted by Crippen LogP contribution is 2.21. The highest BCUT2D eigenvalue weighted by atomic mass is 19.1. The number of amides is 2. The smallest absolute Gasteiger partial charge is 0.258 e. The SMILES string of the molecule is Cc1ccc(NC(=O)c2ccc(F)cc2F)cc1NC(=O)C=Cc1cccnc1. The van der Waals surface area contributed by atoms with E-state index >= 15 is 0 Å². The maximum atomic E-state index is 13.8. The van der Waals surface area contributed by atoms with Gasteiger partial charge in [0.2, 0.25) is 5.91 Å². The molecule has 1 heterocycles. The van der Waals surface area contributed by atoms with Gasteiger partial charge < -0.3 is 10.6 Å². The van der Waals surface area contributed by atoms with Crippen molar-refractivity contribution in [3.05, 3.63) is 95.3 Å². The molecule has 0 saturated carbocycles. The molecule has 0 spiro atoms. The topological polar surface area (TPSA) is 71.1 Å². The number of pyridine rings is 1. The molecule has 0 fully saturated rings. The summed E-state index contributed by atoms with van der Waals surface area (Å²) in [5, 5.41) is 5.27. The molecule has 0 aliphatic heterocycles. The van der Waals surface area contributed by atoms with Crippen LogP contribution in [0.4, 0.5) is 20.2 Å². The minimum absolute atomic E-state index is 0.281. The largest absolute Gasteiger partial charge is 0.322 e. The predicted octanol–water partition coefficient (Wildman–Crippen LogP) is 4.57. The maximum Gasteiger partial charge on any atom is 0.258 e. The molecule has 0 aliphatic carbocycles. The number of nitrogens with zero attached hydrogens (tertiary/aromatic N) is 1. The van der Waals surface area contributed by atoms with Crippen molar-refractivity contribution in [1.82, 2.24) is 4.98 Å². The summed E-state index contributed by atoms with van der Waals surface area (Å²) in [6.45, 7) is 1.80. The Bertz CT molecular complexity index is 1080. The fourth-order valence-corrected chi connectivity index (χ4v) is 2.53. The van der Waals surface area contributed by atoms with E-state index in [0.29, 0.717) is 17.4 Å². The van der Waals surface area contributed by atoms with Gasteiger partial charge in [0.25, 0.3) is 5.91 Å².